The monoisotopic (exact) mass is 182 g/mol. The van der Waals surface area contributed by atoms with E-state index >= 15 is 0 Å². The van der Waals surface area contributed by atoms with Crippen LogP contribution in [0, 0.1) is 0 Å². The normalized spacial score (nSPS) is 12.0. The number of rotatable bonds is 4. The van der Waals surface area contributed by atoms with Crippen molar-refractivity contribution in [2.75, 3.05) is 0 Å². The van der Waals surface area contributed by atoms with Crippen LogP contribution in [0.1, 0.15) is 32.5 Å². The summed E-state index contributed by atoms with van der Waals surface area (Å²) in [4.78, 5) is 4.17. The predicted octanol–water partition coefficient (Wildman–Crippen LogP) is 0.875. The Kier molecular flexibility index (Phi) is 3.03. The Bertz CT molecular complexity index is 262. The van der Waals surface area contributed by atoms with Gasteiger partial charge in [-0.3, -0.25) is 4.68 Å². The molecule has 1 rings (SSSR count). The molecule has 1 aromatic rings. The molecule has 0 bridgehead atoms. The van der Waals surface area contributed by atoms with Crippen LogP contribution in [0.4, 0.5) is 0 Å². The summed E-state index contributed by atoms with van der Waals surface area (Å²) < 4.78 is 1.78. The summed E-state index contributed by atoms with van der Waals surface area (Å²) in [6, 6.07) is 0. The number of nitrogens with two attached hydrogens (primary N) is 1. The first-order chi connectivity index (χ1) is 6.11. The number of hydrogen-bond donors (Lipinski definition) is 1. The Morgan fingerprint density at radius 2 is 2.08 bits per heavy atom. The molecule has 1 aromatic heterocycles. The number of nitrogens with zero attached hydrogens (tertiary/aromatic N) is 3. The lowest BCUT2D eigenvalue weighted by molar-refractivity contribution is 0.379. The van der Waals surface area contributed by atoms with Crippen molar-refractivity contribution in [2.24, 2.45) is 12.8 Å². The summed E-state index contributed by atoms with van der Waals surface area (Å²) in [6.45, 7) is 4.22. The van der Waals surface area contributed by atoms with Gasteiger partial charge in [0.2, 0.25) is 0 Å². The first-order valence-electron chi connectivity index (χ1n) is 4.73. The number of aromatic nitrogens is 3. The van der Waals surface area contributed by atoms with Gasteiger partial charge in [-0.15, -0.1) is 0 Å². The minimum absolute atomic E-state index is 0.124. The zero-order valence-corrected chi connectivity index (χ0v) is 8.62. The minimum Gasteiger partial charge on any atom is -0.325 e. The molecule has 0 saturated carbocycles. The maximum atomic E-state index is 6.18. The molecule has 0 atom stereocenters. The van der Waals surface area contributed by atoms with Crippen molar-refractivity contribution < 1.29 is 0 Å². The van der Waals surface area contributed by atoms with E-state index in [1.54, 1.807) is 11.0 Å². The van der Waals surface area contributed by atoms with Gasteiger partial charge in [-0.05, 0) is 12.8 Å². The SMILES string of the molecule is CCC(N)(CC)Cc1ncnn1C. The smallest absolute Gasteiger partial charge is 0.138 e. The van der Waals surface area contributed by atoms with Crippen LogP contribution in [0.5, 0.6) is 0 Å². The second-order valence-corrected chi connectivity index (χ2v) is 3.55. The third-order valence-electron chi connectivity index (χ3n) is 2.72. The van der Waals surface area contributed by atoms with Gasteiger partial charge in [-0.25, -0.2) is 4.98 Å². The molecule has 2 N–H and O–H groups in total. The maximum absolute atomic E-state index is 6.18. The Morgan fingerprint density at radius 1 is 1.46 bits per heavy atom. The van der Waals surface area contributed by atoms with Crippen molar-refractivity contribution >= 4 is 0 Å². The average Bonchev–Trinajstić information content (AvgIpc) is 2.52. The third-order valence-corrected chi connectivity index (χ3v) is 2.72. The molecule has 74 valence electrons. The summed E-state index contributed by atoms with van der Waals surface area (Å²) >= 11 is 0. The highest BCUT2D eigenvalue weighted by Crippen LogP contribution is 2.16. The molecule has 0 fully saturated rings. The molecule has 0 spiro atoms. The molecular weight excluding hydrogens is 164 g/mol. The van der Waals surface area contributed by atoms with E-state index in [-0.39, 0.29) is 5.54 Å². The molecule has 0 amide bonds. The van der Waals surface area contributed by atoms with Crippen molar-refractivity contribution in [2.45, 2.75) is 38.6 Å². The van der Waals surface area contributed by atoms with Gasteiger partial charge in [0, 0.05) is 19.0 Å². The topological polar surface area (TPSA) is 56.7 Å². The van der Waals surface area contributed by atoms with E-state index in [2.05, 4.69) is 23.9 Å². The first kappa shape index (κ1) is 10.2. The minimum atomic E-state index is -0.124. The molecule has 0 radical (unpaired) electrons. The zero-order valence-electron chi connectivity index (χ0n) is 8.62. The van der Waals surface area contributed by atoms with Gasteiger partial charge in [0.1, 0.15) is 12.2 Å². The predicted molar refractivity (Wildman–Crippen MR) is 52.2 cm³/mol. The lowest BCUT2D eigenvalue weighted by Crippen LogP contribution is -2.41. The van der Waals surface area contributed by atoms with Gasteiger partial charge in [0.15, 0.2) is 0 Å². The summed E-state index contributed by atoms with van der Waals surface area (Å²) in [7, 11) is 1.90. The Balaban J connectivity index is 2.73. The van der Waals surface area contributed by atoms with Gasteiger partial charge in [-0.2, -0.15) is 5.10 Å². The number of aryl methyl sites for hydroxylation is 1. The van der Waals surface area contributed by atoms with E-state index in [1.807, 2.05) is 7.05 Å². The van der Waals surface area contributed by atoms with E-state index in [0.29, 0.717) is 0 Å². The molecule has 0 aliphatic carbocycles. The van der Waals surface area contributed by atoms with Crippen molar-refractivity contribution in [3.05, 3.63) is 12.2 Å². The van der Waals surface area contributed by atoms with Crippen LogP contribution in [-0.2, 0) is 13.5 Å². The Hall–Kier alpha value is -0.900. The fraction of sp³-hybridized carbons (Fsp3) is 0.778. The molecule has 4 heteroatoms. The molecule has 0 saturated heterocycles. The van der Waals surface area contributed by atoms with E-state index in [0.717, 1.165) is 25.1 Å². The second-order valence-electron chi connectivity index (χ2n) is 3.55. The standard InChI is InChI=1S/C9H18N4/c1-4-9(10,5-2)6-8-11-7-12-13(8)3/h7H,4-6,10H2,1-3H3. The molecule has 0 aliphatic heterocycles. The van der Waals surface area contributed by atoms with E-state index in [1.165, 1.54) is 0 Å². The molecule has 0 unspecified atom stereocenters. The molecule has 1 heterocycles. The van der Waals surface area contributed by atoms with Gasteiger partial charge in [0.25, 0.3) is 0 Å². The second kappa shape index (κ2) is 3.87. The van der Waals surface area contributed by atoms with Crippen LogP contribution < -0.4 is 5.73 Å². The molecule has 4 nitrogen and oxygen atoms in total. The largest absolute Gasteiger partial charge is 0.325 e. The highest BCUT2D eigenvalue weighted by Gasteiger charge is 2.22. The van der Waals surface area contributed by atoms with Crippen molar-refractivity contribution in [3.63, 3.8) is 0 Å². The molecule has 0 aliphatic rings. The average molecular weight is 182 g/mol. The summed E-state index contributed by atoms with van der Waals surface area (Å²) in [5.41, 5.74) is 6.05. The molecular formula is C9H18N4. The lowest BCUT2D eigenvalue weighted by Gasteiger charge is -2.25. The quantitative estimate of drug-likeness (QED) is 0.752. The van der Waals surface area contributed by atoms with Gasteiger partial charge >= 0.3 is 0 Å². The lowest BCUT2D eigenvalue weighted by atomic mass is 9.90. The van der Waals surface area contributed by atoms with Crippen LogP contribution in [0.25, 0.3) is 0 Å². The van der Waals surface area contributed by atoms with Crippen LogP contribution in [0.2, 0.25) is 0 Å². The van der Waals surface area contributed by atoms with Gasteiger partial charge < -0.3 is 5.73 Å². The van der Waals surface area contributed by atoms with Crippen LogP contribution in [0.15, 0.2) is 6.33 Å². The van der Waals surface area contributed by atoms with Crippen LogP contribution in [0.3, 0.4) is 0 Å². The summed E-state index contributed by atoms with van der Waals surface area (Å²) in [6.07, 6.45) is 4.31. The highest BCUT2D eigenvalue weighted by molar-refractivity contribution is 4.95. The third kappa shape index (κ3) is 2.28. The first-order valence-corrected chi connectivity index (χ1v) is 4.73. The van der Waals surface area contributed by atoms with Crippen molar-refractivity contribution in [1.82, 2.24) is 14.8 Å². The van der Waals surface area contributed by atoms with E-state index in [9.17, 15) is 0 Å². The molecule has 0 aromatic carbocycles. The highest BCUT2D eigenvalue weighted by atomic mass is 15.3. The fourth-order valence-corrected chi connectivity index (χ4v) is 1.30. The summed E-state index contributed by atoms with van der Waals surface area (Å²) in [5, 5.41) is 4.02. The maximum Gasteiger partial charge on any atom is 0.138 e. The van der Waals surface area contributed by atoms with E-state index < -0.39 is 0 Å². The van der Waals surface area contributed by atoms with E-state index in [4.69, 9.17) is 5.73 Å². The Morgan fingerprint density at radius 3 is 2.46 bits per heavy atom. The number of hydrogen-bond acceptors (Lipinski definition) is 3. The summed E-state index contributed by atoms with van der Waals surface area (Å²) in [5.74, 6) is 0.964. The Labute approximate surface area is 79.2 Å². The van der Waals surface area contributed by atoms with Crippen LogP contribution >= 0.6 is 0 Å². The molecule has 13 heavy (non-hydrogen) atoms. The van der Waals surface area contributed by atoms with Crippen LogP contribution in [-0.4, -0.2) is 20.3 Å². The van der Waals surface area contributed by atoms with Gasteiger partial charge in [-0.1, -0.05) is 13.8 Å². The van der Waals surface area contributed by atoms with Gasteiger partial charge in [0.05, 0.1) is 0 Å². The van der Waals surface area contributed by atoms with Crippen molar-refractivity contribution in [1.29, 1.82) is 0 Å². The zero-order chi connectivity index (χ0) is 9.90. The fourth-order valence-electron chi connectivity index (χ4n) is 1.30. The van der Waals surface area contributed by atoms with Crippen molar-refractivity contribution in [3.8, 4) is 0 Å².